The Morgan fingerprint density at radius 2 is 1.22 bits per heavy atom. The SMILES string of the molecule is CSCCC(NC(=O)C(Cc1ccc(OS(=O)(=O)O)cc1)NC(C)=O)C(=O)NCC(=O)NC(Cc1c[nH]c2ccccc12)C(=O)NC(CCSC)C(=O)NC(CC(=O)O)C(=O)NC(CC1C2CC3CC(C2)CC1C3)C(N)=O. The van der Waals surface area contributed by atoms with Gasteiger partial charge in [0.05, 0.1) is 13.0 Å². The maximum Gasteiger partial charge on any atom is 0.446 e. The summed E-state index contributed by atoms with van der Waals surface area (Å²) in [5.74, 6) is -4.88. The summed E-state index contributed by atoms with van der Waals surface area (Å²) in [5, 5.41) is 28.7. The van der Waals surface area contributed by atoms with Gasteiger partial charge in [0.25, 0.3) is 0 Å². The van der Waals surface area contributed by atoms with Crippen LogP contribution in [0, 0.1) is 29.6 Å². The Kier molecular flexibility index (Phi) is 21.6. The van der Waals surface area contributed by atoms with Gasteiger partial charge in [-0.1, -0.05) is 30.3 Å². The van der Waals surface area contributed by atoms with Crippen molar-refractivity contribution in [3.8, 4) is 5.75 Å². The molecule has 420 valence electrons. The van der Waals surface area contributed by atoms with Gasteiger partial charge in [-0.3, -0.25) is 47.7 Å². The number of para-hydroxylation sites is 1. The first-order valence-corrected chi connectivity index (χ1v) is 29.6. The molecule has 0 aliphatic heterocycles. The number of H-pyrrole nitrogens is 1. The molecule has 4 fully saturated rings. The second-order valence-electron chi connectivity index (χ2n) is 20.2. The molecule has 0 saturated heterocycles. The van der Waals surface area contributed by atoms with Crippen molar-refractivity contribution >= 4 is 98.1 Å². The molecule has 0 radical (unpaired) electrons. The van der Waals surface area contributed by atoms with Crippen molar-refractivity contribution in [2.45, 2.75) is 114 Å². The van der Waals surface area contributed by atoms with Crippen molar-refractivity contribution in [3.05, 3.63) is 65.9 Å². The summed E-state index contributed by atoms with van der Waals surface area (Å²) >= 11 is 2.73. The number of rotatable bonds is 30. The molecule has 4 aliphatic carbocycles. The van der Waals surface area contributed by atoms with Gasteiger partial charge in [0.15, 0.2) is 0 Å². The number of carboxylic acids is 1. The molecular weight excluding hydrogens is 1060 g/mol. The molecule has 1 aromatic heterocycles. The largest absolute Gasteiger partial charge is 0.481 e. The quantitative estimate of drug-likeness (QED) is 0.0417. The molecule has 4 saturated carbocycles. The van der Waals surface area contributed by atoms with Crippen molar-refractivity contribution in [1.29, 1.82) is 0 Å². The zero-order valence-electron chi connectivity index (χ0n) is 43.0. The van der Waals surface area contributed by atoms with Crippen molar-refractivity contribution < 1.29 is 65.4 Å². The van der Waals surface area contributed by atoms with E-state index in [4.69, 9.17) is 10.3 Å². The van der Waals surface area contributed by atoms with Gasteiger partial charge in [0.1, 0.15) is 42.0 Å². The summed E-state index contributed by atoms with van der Waals surface area (Å²) in [7, 11) is -4.79. The van der Waals surface area contributed by atoms with Crippen LogP contribution in [0.15, 0.2) is 54.7 Å². The highest BCUT2D eigenvalue weighted by Gasteiger charge is 2.49. The third-order valence-corrected chi connectivity index (χ3v) is 16.2. The smallest absolute Gasteiger partial charge is 0.446 e. The molecule has 4 aliphatic rings. The van der Waals surface area contributed by atoms with Crippen molar-refractivity contribution in [1.82, 2.24) is 42.2 Å². The number of nitrogens with one attached hydrogen (secondary N) is 8. The van der Waals surface area contributed by atoms with Gasteiger partial charge < -0.3 is 57.2 Å². The van der Waals surface area contributed by atoms with E-state index in [2.05, 4.69) is 46.4 Å². The monoisotopic (exact) mass is 1130 g/mol. The zero-order chi connectivity index (χ0) is 56.0. The fourth-order valence-corrected chi connectivity index (χ4v) is 12.5. The number of aromatic amines is 1. The topological polar surface area (TPSA) is 363 Å². The molecular formula is C51H69N9O14S3. The maximum absolute atomic E-state index is 14.4. The number of primary amides is 1. The molecule has 1 heterocycles. The molecule has 7 rings (SSSR count). The van der Waals surface area contributed by atoms with Gasteiger partial charge in [-0.2, -0.15) is 31.9 Å². The standard InChI is InChI=1S/C51H69N9O14S3/c1-27(61)55-41(21-28-8-10-34(11-9-28)74-77(71,72)73)49(68)57-38(12-14-75-2)47(66)54-26-44(62)56-42(22-33-25-53-37-7-5-4-6-35(33)37)50(69)58-39(13-15-76-3)48(67)60-43(24-45(63)64)51(70)59-40(46(52)65)23-36-31-17-29-16-30(19-31)20-32(36)18-29/h4-11,25,29-32,36,38-43,53H,12-24,26H2,1-3H3,(H2,52,65)(H,54,66)(H,55,61)(H,56,62)(H,57,68)(H,58,69)(H,59,70)(H,60,67)(H,63,64)(H,71,72,73). The first-order valence-electron chi connectivity index (χ1n) is 25.4. The van der Waals surface area contributed by atoms with Crippen LogP contribution in [0.4, 0.5) is 0 Å². The van der Waals surface area contributed by atoms with Gasteiger partial charge in [0.2, 0.25) is 47.3 Å². The van der Waals surface area contributed by atoms with Gasteiger partial charge in [-0.05, 0) is 134 Å². The minimum atomic E-state index is -4.79. The van der Waals surface area contributed by atoms with E-state index in [1.54, 1.807) is 24.8 Å². The van der Waals surface area contributed by atoms with Gasteiger partial charge in [-0.15, -0.1) is 0 Å². The minimum absolute atomic E-state index is 0.0184. The number of hydrogen-bond acceptors (Lipinski definition) is 14. The van der Waals surface area contributed by atoms with Crippen LogP contribution in [0.2, 0.25) is 0 Å². The second-order valence-corrected chi connectivity index (χ2v) is 23.1. The number of carbonyl (C=O) groups excluding carboxylic acids is 8. The van der Waals surface area contributed by atoms with Crippen LogP contribution in [-0.2, 0) is 66.4 Å². The van der Waals surface area contributed by atoms with Crippen LogP contribution >= 0.6 is 23.5 Å². The average Bonchev–Trinajstić information content (AvgIpc) is 3.77. The van der Waals surface area contributed by atoms with Crippen LogP contribution in [0.5, 0.6) is 5.75 Å². The van der Waals surface area contributed by atoms with E-state index in [9.17, 15) is 56.7 Å². The lowest BCUT2D eigenvalue weighted by atomic mass is 9.51. The highest BCUT2D eigenvalue weighted by Crippen LogP contribution is 2.57. The van der Waals surface area contributed by atoms with E-state index in [1.807, 2.05) is 18.2 Å². The molecule has 77 heavy (non-hydrogen) atoms. The number of benzene rings is 2. The number of carbonyl (C=O) groups is 9. The summed E-state index contributed by atoms with van der Waals surface area (Å²) in [4.78, 5) is 124. The number of aliphatic carboxylic acids is 1. The lowest BCUT2D eigenvalue weighted by Gasteiger charge is -2.55. The first kappa shape index (κ1) is 59.9. The Bertz CT molecular complexity index is 2710. The van der Waals surface area contributed by atoms with Gasteiger partial charge in [0, 0.05) is 36.9 Å². The number of carboxylic acid groups (broad SMARTS) is 1. The Labute approximate surface area is 454 Å². The Hall–Kier alpha value is -6.38. The summed E-state index contributed by atoms with van der Waals surface area (Å²) in [6.45, 7) is 0.517. The van der Waals surface area contributed by atoms with Crippen LogP contribution in [-0.4, -0.2) is 143 Å². The van der Waals surface area contributed by atoms with Crippen molar-refractivity contribution in [2.24, 2.45) is 35.3 Å². The number of fused-ring (bicyclic) bond motifs is 1. The summed E-state index contributed by atoms with van der Waals surface area (Å²) in [6.07, 6.45) is 10.1. The molecule has 23 nitrogen and oxygen atoms in total. The molecule has 4 bridgehead atoms. The zero-order valence-corrected chi connectivity index (χ0v) is 45.5. The fraction of sp³-hybridized carbons (Fsp3) is 0.549. The van der Waals surface area contributed by atoms with Crippen molar-refractivity contribution in [2.75, 3.05) is 30.6 Å². The average molecular weight is 1130 g/mol. The van der Waals surface area contributed by atoms with E-state index in [-0.39, 0.29) is 37.4 Å². The number of hydrogen-bond donors (Lipinski definition) is 11. The number of aromatic nitrogens is 1. The third-order valence-electron chi connectivity index (χ3n) is 14.5. The van der Waals surface area contributed by atoms with E-state index in [0.717, 1.165) is 36.6 Å². The maximum atomic E-state index is 14.4. The lowest BCUT2D eigenvalue weighted by molar-refractivity contribution is -0.141. The third kappa shape index (κ3) is 17.8. The van der Waals surface area contributed by atoms with Crippen LogP contribution in [0.1, 0.15) is 75.8 Å². The Morgan fingerprint density at radius 1 is 0.688 bits per heavy atom. The molecule has 12 N–H and O–H groups in total. The fourth-order valence-electron chi connectivity index (χ4n) is 11.2. The molecule has 6 unspecified atom stereocenters. The number of nitrogens with two attached hydrogens (primary N) is 1. The highest BCUT2D eigenvalue weighted by molar-refractivity contribution is 7.98. The predicted octanol–water partition coefficient (Wildman–Crippen LogP) is 1.11. The van der Waals surface area contributed by atoms with Crippen LogP contribution in [0.3, 0.4) is 0 Å². The first-order chi connectivity index (χ1) is 36.6. The van der Waals surface area contributed by atoms with Crippen molar-refractivity contribution in [3.63, 3.8) is 0 Å². The predicted molar refractivity (Wildman–Crippen MR) is 287 cm³/mol. The lowest BCUT2D eigenvalue weighted by Crippen LogP contribution is -2.59. The van der Waals surface area contributed by atoms with E-state index >= 15 is 0 Å². The second kappa shape index (κ2) is 27.8. The minimum Gasteiger partial charge on any atom is -0.481 e. The van der Waals surface area contributed by atoms with E-state index in [1.165, 1.54) is 61.1 Å². The van der Waals surface area contributed by atoms with Gasteiger partial charge >= 0.3 is 16.4 Å². The van der Waals surface area contributed by atoms with E-state index in [0.29, 0.717) is 52.7 Å². The molecule has 8 amide bonds. The molecule has 0 spiro atoms. The summed E-state index contributed by atoms with van der Waals surface area (Å²) < 4.78 is 35.7. The molecule has 2 aromatic carbocycles. The number of thioether (sulfide) groups is 2. The molecule has 3 aromatic rings. The Morgan fingerprint density at radius 3 is 1.78 bits per heavy atom. The highest BCUT2D eigenvalue weighted by atomic mass is 32.3. The number of amides is 8. The van der Waals surface area contributed by atoms with Gasteiger partial charge in [-0.25, -0.2) is 0 Å². The summed E-state index contributed by atoms with van der Waals surface area (Å²) in [5.41, 5.74) is 7.63. The van der Waals surface area contributed by atoms with Crippen LogP contribution < -0.4 is 47.1 Å². The molecule has 6 atom stereocenters. The normalized spacial score (nSPS) is 20.8. The summed E-state index contributed by atoms with van der Waals surface area (Å²) in [6, 6.07) is 4.61. The molecule has 26 heteroatoms. The van der Waals surface area contributed by atoms with E-state index < -0.39 is 113 Å². The van der Waals surface area contributed by atoms with Crippen LogP contribution in [0.25, 0.3) is 10.9 Å². The Balaban J connectivity index is 1.13.